The van der Waals surface area contributed by atoms with Crippen LogP contribution in [0.5, 0.6) is 0 Å². The second-order valence-corrected chi connectivity index (χ2v) is 6.33. The van der Waals surface area contributed by atoms with Crippen LogP contribution in [-0.2, 0) is 18.9 Å². The molecule has 1 N–H and O–H groups in total. The largest absolute Gasteiger partial charge is 0.315 e. The smallest absolute Gasteiger partial charge is 0.0521 e. The molecule has 0 aliphatic carbocycles. The Kier molecular flexibility index (Phi) is 3.46. The van der Waals surface area contributed by atoms with Gasteiger partial charge in [0.05, 0.1) is 6.20 Å². The number of aryl methyl sites for hydroxylation is 2. The number of aromatic nitrogens is 2. The van der Waals surface area contributed by atoms with Crippen molar-refractivity contribution in [2.75, 3.05) is 13.1 Å². The van der Waals surface area contributed by atoms with Crippen molar-refractivity contribution in [3.05, 3.63) is 52.3 Å². The van der Waals surface area contributed by atoms with Crippen LogP contribution in [0.4, 0.5) is 0 Å². The lowest BCUT2D eigenvalue weighted by Gasteiger charge is -2.43. The van der Waals surface area contributed by atoms with Crippen LogP contribution < -0.4 is 5.32 Å². The minimum absolute atomic E-state index is 0.302. The summed E-state index contributed by atoms with van der Waals surface area (Å²) in [5.41, 5.74) is 3.07. The first-order chi connectivity index (χ1) is 9.18. The topological polar surface area (TPSA) is 29.9 Å². The molecule has 0 saturated carbocycles. The highest BCUT2D eigenvalue weighted by molar-refractivity contribution is 9.10. The van der Waals surface area contributed by atoms with Crippen molar-refractivity contribution >= 4 is 15.9 Å². The molecular formula is C15H18BrN3. The Bertz CT molecular complexity index is 555. The van der Waals surface area contributed by atoms with E-state index in [9.17, 15) is 0 Å². The van der Waals surface area contributed by atoms with E-state index in [0.717, 1.165) is 24.0 Å². The average molecular weight is 320 g/mol. The first-order valence-corrected chi connectivity index (χ1v) is 7.42. The lowest BCUT2D eigenvalue weighted by molar-refractivity contribution is 0.258. The van der Waals surface area contributed by atoms with E-state index >= 15 is 0 Å². The van der Waals surface area contributed by atoms with E-state index in [1.807, 2.05) is 17.9 Å². The Morgan fingerprint density at radius 1 is 1.32 bits per heavy atom. The molecule has 1 aliphatic rings. The maximum atomic E-state index is 4.24. The summed E-state index contributed by atoms with van der Waals surface area (Å²) < 4.78 is 3.02. The van der Waals surface area contributed by atoms with Crippen molar-refractivity contribution < 1.29 is 0 Å². The van der Waals surface area contributed by atoms with Crippen molar-refractivity contribution in [1.82, 2.24) is 15.1 Å². The molecule has 1 aromatic carbocycles. The SMILES string of the molecule is Cn1cc(CCC2(c3ccc(Br)cc3)CNC2)cn1. The van der Waals surface area contributed by atoms with Gasteiger partial charge in [-0.2, -0.15) is 5.10 Å². The molecule has 0 spiro atoms. The predicted octanol–water partition coefficient (Wildman–Crippen LogP) is 2.66. The minimum Gasteiger partial charge on any atom is -0.315 e. The Hall–Kier alpha value is -1.13. The molecular weight excluding hydrogens is 302 g/mol. The van der Waals surface area contributed by atoms with E-state index < -0.39 is 0 Å². The second kappa shape index (κ2) is 5.10. The molecule has 3 nitrogen and oxygen atoms in total. The fourth-order valence-corrected chi connectivity index (χ4v) is 3.00. The second-order valence-electron chi connectivity index (χ2n) is 5.41. The zero-order chi connectivity index (χ0) is 13.3. The summed E-state index contributed by atoms with van der Waals surface area (Å²) in [6.45, 7) is 2.16. The summed E-state index contributed by atoms with van der Waals surface area (Å²) in [5.74, 6) is 0. The van der Waals surface area contributed by atoms with E-state index in [-0.39, 0.29) is 0 Å². The molecule has 2 heterocycles. The van der Waals surface area contributed by atoms with Crippen molar-refractivity contribution in [2.24, 2.45) is 7.05 Å². The summed E-state index contributed by atoms with van der Waals surface area (Å²) in [7, 11) is 1.97. The first kappa shape index (κ1) is 12.9. The lowest BCUT2D eigenvalue weighted by atomic mass is 9.71. The van der Waals surface area contributed by atoms with Crippen LogP contribution in [-0.4, -0.2) is 22.9 Å². The lowest BCUT2D eigenvalue weighted by Crippen LogP contribution is -2.57. The molecule has 4 heteroatoms. The van der Waals surface area contributed by atoms with Gasteiger partial charge in [-0.05, 0) is 36.1 Å². The fraction of sp³-hybridized carbons (Fsp3) is 0.400. The summed E-state index contributed by atoms with van der Waals surface area (Å²) in [6, 6.07) is 8.77. The van der Waals surface area contributed by atoms with Crippen molar-refractivity contribution in [3.8, 4) is 0 Å². The predicted molar refractivity (Wildman–Crippen MR) is 80.2 cm³/mol. The molecule has 1 fully saturated rings. The number of nitrogens with zero attached hydrogens (tertiary/aromatic N) is 2. The summed E-state index contributed by atoms with van der Waals surface area (Å²) in [6.07, 6.45) is 6.35. The Balaban J connectivity index is 1.74. The standard InChI is InChI=1S/C15H18BrN3/c1-19-9-12(8-18-19)6-7-15(10-17-11-15)13-2-4-14(16)5-3-13/h2-5,8-9,17H,6-7,10-11H2,1H3. The van der Waals surface area contributed by atoms with Gasteiger partial charge in [-0.3, -0.25) is 4.68 Å². The molecule has 0 bridgehead atoms. The maximum Gasteiger partial charge on any atom is 0.0521 e. The van der Waals surface area contributed by atoms with Gasteiger partial charge >= 0.3 is 0 Å². The molecule has 1 saturated heterocycles. The van der Waals surface area contributed by atoms with Crippen LogP contribution in [0.2, 0.25) is 0 Å². The third kappa shape index (κ3) is 2.60. The van der Waals surface area contributed by atoms with Crippen LogP contribution >= 0.6 is 15.9 Å². The Morgan fingerprint density at radius 3 is 2.58 bits per heavy atom. The van der Waals surface area contributed by atoms with Crippen LogP contribution in [0.3, 0.4) is 0 Å². The number of rotatable bonds is 4. The normalized spacial score (nSPS) is 17.2. The summed E-state index contributed by atoms with van der Waals surface area (Å²) >= 11 is 3.50. The van der Waals surface area contributed by atoms with Gasteiger partial charge < -0.3 is 5.32 Å². The zero-order valence-corrected chi connectivity index (χ0v) is 12.7. The minimum atomic E-state index is 0.302. The van der Waals surface area contributed by atoms with E-state index in [1.54, 1.807) is 0 Å². The van der Waals surface area contributed by atoms with Gasteiger partial charge in [0, 0.05) is 36.2 Å². The van der Waals surface area contributed by atoms with E-state index in [2.05, 4.69) is 56.8 Å². The van der Waals surface area contributed by atoms with E-state index in [0.29, 0.717) is 5.41 Å². The van der Waals surface area contributed by atoms with Gasteiger partial charge in [-0.25, -0.2) is 0 Å². The molecule has 0 atom stereocenters. The van der Waals surface area contributed by atoms with Crippen LogP contribution in [0.25, 0.3) is 0 Å². The van der Waals surface area contributed by atoms with Crippen LogP contribution in [0, 0.1) is 0 Å². The zero-order valence-electron chi connectivity index (χ0n) is 11.1. The highest BCUT2D eigenvalue weighted by atomic mass is 79.9. The van der Waals surface area contributed by atoms with Gasteiger partial charge in [-0.1, -0.05) is 28.1 Å². The average Bonchev–Trinajstić information content (AvgIpc) is 2.76. The summed E-state index contributed by atoms with van der Waals surface area (Å²) in [5, 5.41) is 7.66. The quantitative estimate of drug-likeness (QED) is 0.939. The molecule has 19 heavy (non-hydrogen) atoms. The molecule has 0 amide bonds. The number of hydrogen-bond acceptors (Lipinski definition) is 2. The van der Waals surface area contributed by atoms with Crippen LogP contribution in [0.1, 0.15) is 17.5 Å². The number of hydrogen-bond donors (Lipinski definition) is 1. The third-order valence-electron chi connectivity index (χ3n) is 4.03. The van der Waals surface area contributed by atoms with E-state index in [4.69, 9.17) is 0 Å². The van der Waals surface area contributed by atoms with Gasteiger partial charge in [0.2, 0.25) is 0 Å². The molecule has 1 aliphatic heterocycles. The molecule has 2 aromatic rings. The highest BCUT2D eigenvalue weighted by Crippen LogP contribution is 2.34. The summed E-state index contributed by atoms with van der Waals surface area (Å²) in [4.78, 5) is 0. The highest BCUT2D eigenvalue weighted by Gasteiger charge is 2.38. The van der Waals surface area contributed by atoms with E-state index in [1.165, 1.54) is 17.5 Å². The Labute approximate surface area is 122 Å². The number of benzene rings is 1. The Morgan fingerprint density at radius 2 is 2.05 bits per heavy atom. The van der Waals surface area contributed by atoms with Crippen LogP contribution in [0.15, 0.2) is 41.1 Å². The van der Waals surface area contributed by atoms with Gasteiger partial charge in [0.25, 0.3) is 0 Å². The fourth-order valence-electron chi connectivity index (χ4n) is 2.74. The first-order valence-electron chi connectivity index (χ1n) is 6.62. The molecule has 0 unspecified atom stereocenters. The molecule has 100 valence electrons. The van der Waals surface area contributed by atoms with Gasteiger partial charge in [0.1, 0.15) is 0 Å². The molecule has 3 rings (SSSR count). The van der Waals surface area contributed by atoms with Crippen molar-refractivity contribution in [3.63, 3.8) is 0 Å². The van der Waals surface area contributed by atoms with Crippen molar-refractivity contribution in [1.29, 1.82) is 0 Å². The van der Waals surface area contributed by atoms with Crippen molar-refractivity contribution in [2.45, 2.75) is 18.3 Å². The monoisotopic (exact) mass is 319 g/mol. The maximum absolute atomic E-state index is 4.24. The number of halogens is 1. The number of nitrogens with one attached hydrogen (secondary N) is 1. The van der Waals surface area contributed by atoms with Gasteiger partial charge in [-0.15, -0.1) is 0 Å². The van der Waals surface area contributed by atoms with Gasteiger partial charge in [0.15, 0.2) is 0 Å². The third-order valence-corrected chi connectivity index (χ3v) is 4.56. The molecule has 0 radical (unpaired) electrons. The molecule has 1 aromatic heterocycles.